The molecular weight excluding hydrogens is 270 g/mol. The lowest BCUT2D eigenvalue weighted by atomic mass is 9.93. The highest BCUT2D eigenvalue weighted by Gasteiger charge is 2.26. The summed E-state index contributed by atoms with van der Waals surface area (Å²) in [7, 11) is 0. The van der Waals surface area contributed by atoms with Crippen molar-refractivity contribution in [2.75, 3.05) is 11.9 Å². The Morgan fingerprint density at radius 3 is 2.52 bits per heavy atom. The number of aromatic nitrogens is 2. The van der Waals surface area contributed by atoms with E-state index >= 15 is 0 Å². The van der Waals surface area contributed by atoms with E-state index in [4.69, 9.17) is 5.11 Å². The van der Waals surface area contributed by atoms with Gasteiger partial charge in [0.05, 0.1) is 23.4 Å². The molecule has 0 fully saturated rings. The maximum atomic E-state index is 11.0. The molecule has 1 atom stereocenters. The van der Waals surface area contributed by atoms with Gasteiger partial charge in [0, 0.05) is 6.20 Å². The van der Waals surface area contributed by atoms with E-state index in [0.29, 0.717) is 5.69 Å². The normalized spacial score (nSPS) is 13.5. The Labute approximate surface area is 122 Å². The molecule has 0 aliphatic rings. The van der Waals surface area contributed by atoms with Crippen LogP contribution in [0.4, 0.5) is 5.95 Å². The number of anilines is 1. The molecule has 0 spiro atoms. The van der Waals surface area contributed by atoms with Crippen LogP contribution in [-0.4, -0.2) is 32.8 Å². The van der Waals surface area contributed by atoms with Crippen LogP contribution in [-0.2, 0) is 5.54 Å². The van der Waals surface area contributed by atoms with Crippen LogP contribution in [0.2, 0.25) is 0 Å². The largest absolute Gasteiger partial charge is 0.478 e. The lowest BCUT2D eigenvalue weighted by Gasteiger charge is -2.29. The number of benzene rings is 1. The number of carboxylic acid groups (broad SMARTS) is 1. The summed E-state index contributed by atoms with van der Waals surface area (Å²) < 4.78 is 0. The molecule has 21 heavy (non-hydrogen) atoms. The van der Waals surface area contributed by atoms with E-state index in [2.05, 4.69) is 15.3 Å². The smallest absolute Gasteiger partial charge is 0.339 e. The fourth-order valence-corrected chi connectivity index (χ4v) is 1.99. The summed E-state index contributed by atoms with van der Waals surface area (Å²) in [6.07, 6.45) is 1.26. The Hall–Kier alpha value is -2.47. The topological polar surface area (TPSA) is 95.3 Å². The standard InChI is InChI=1S/C15H17N3O3/c1-10-12(13(20)21)8-16-14(17-10)18-15(2,9-19)11-6-4-3-5-7-11/h3-8,19H,9H2,1-2H3,(H,20,21)(H,16,17,18). The van der Waals surface area contributed by atoms with Crippen molar-refractivity contribution in [3.63, 3.8) is 0 Å². The van der Waals surface area contributed by atoms with Crippen molar-refractivity contribution in [2.45, 2.75) is 19.4 Å². The third-order valence-corrected chi connectivity index (χ3v) is 3.32. The number of rotatable bonds is 5. The zero-order valence-corrected chi connectivity index (χ0v) is 11.9. The van der Waals surface area contributed by atoms with Crippen LogP contribution in [0.15, 0.2) is 36.5 Å². The Morgan fingerprint density at radius 2 is 2.00 bits per heavy atom. The minimum Gasteiger partial charge on any atom is -0.478 e. The molecule has 0 saturated carbocycles. The number of aliphatic hydroxyl groups excluding tert-OH is 1. The molecule has 0 aliphatic heterocycles. The monoisotopic (exact) mass is 287 g/mol. The van der Waals surface area contributed by atoms with Crippen molar-refractivity contribution in [2.24, 2.45) is 0 Å². The average molecular weight is 287 g/mol. The second kappa shape index (κ2) is 5.88. The highest BCUT2D eigenvalue weighted by atomic mass is 16.4. The van der Waals surface area contributed by atoms with E-state index in [1.807, 2.05) is 37.3 Å². The number of nitrogens with zero attached hydrogens (tertiary/aromatic N) is 2. The summed E-state index contributed by atoms with van der Waals surface area (Å²) >= 11 is 0. The first-order valence-corrected chi connectivity index (χ1v) is 6.48. The van der Waals surface area contributed by atoms with Gasteiger partial charge in [-0.15, -0.1) is 0 Å². The third-order valence-electron chi connectivity index (χ3n) is 3.32. The molecular formula is C15H17N3O3. The number of aryl methyl sites for hydroxylation is 1. The first-order chi connectivity index (χ1) is 9.96. The van der Waals surface area contributed by atoms with Gasteiger partial charge in [0.15, 0.2) is 0 Å². The molecule has 2 rings (SSSR count). The number of carbonyl (C=O) groups is 1. The van der Waals surface area contributed by atoms with Gasteiger partial charge in [-0.2, -0.15) is 0 Å². The number of aromatic carboxylic acids is 1. The van der Waals surface area contributed by atoms with Crippen molar-refractivity contribution in [1.29, 1.82) is 0 Å². The first-order valence-electron chi connectivity index (χ1n) is 6.48. The molecule has 1 unspecified atom stereocenters. The van der Waals surface area contributed by atoms with Gasteiger partial charge in [0.25, 0.3) is 0 Å². The van der Waals surface area contributed by atoms with Crippen molar-refractivity contribution in [3.8, 4) is 0 Å². The second-order valence-corrected chi connectivity index (χ2v) is 4.98. The quantitative estimate of drug-likeness (QED) is 0.776. The van der Waals surface area contributed by atoms with Crippen LogP contribution in [0.5, 0.6) is 0 Å². The zero-order valence-electron chi connectivity index (χ0n) is 11.9. The predicted molar refractivity (Wildman–Crippen MR) is 78.2 cm³/mol. The molecule has 0 radical (unpaired) electrons. The van der Waals surface area contributed by atoms with Crippen molar-refractivity contribution in [3.05, 3.63) is 53.3 Å². The highest BCUT2D eigenvalue weighted by molar-refractivity contribution is 5.88. The van der Waals surface area contributed by atoms with Gasteiger partial charge in [-0.05, 0) is 19.4 Å². The molecule has 0 saturated heterocycles. The van der Waals surface area contributed by atoms with Crippen LogP contribution in [0.25, 0.3) is 0 Å². The van der Waals surface area contributed by atoms with Crippen LogP contribution in [0.1, 0.15) is 28.5 Å². The number of hydrogen-bond acceptors (Lipinski definition) is 5. The summed E-state index contributed by atoms with van der Waals surface area (Å²) in [5.41, 5.74) is 0.564. The van der Waals surface area contributed by atoms with Gasteiger partial charge in [-0.3, -0.25) is 0 Å². The number of carboxylic acids is 1. The van der Waals surface area contributed by atoms with Crippen LogP contribution < -0.4 is 5.32 Å². The molecule has 6 heteroatoms. The van der Waals surface area contributed by atoms with Crippen LogP contribution in [0, 0.1) is 6.92 Å². The highest BCUT2D eigenvalue weighted by Crippen LogP contribution is 2.24. The first kappa shape index (κ1) is 14.9. The van der Waals surface area contributed by atoms with E-state index in [1.54, 1.807) is 6.92 Å². The minimum atomic E-state index is -1.06. The zero-order chi connectivity index (χ0) is 15.5. The second-order valence-electron chi connectivity index (χ2n) is 4.98. The Morgan fingerprint density at radius 1 is 1.33 bits per heavy atom. The predicted octanol–water partition coefficient (Wildman–Crippen LogP) is 1.80. The summed E-state index contributed by atoms with van der Waals surface area (Å²) in [4.78, 5) is 19.1. The molecule has 1 aromatic heterocycles. The third kappa shape index (κ3) is 3.17. The maximum Gasteiger partial charge on any atom is 0.339 e. The van der Waals surface area contributed by atoms with Crippen molar-refractivity contribution in [1.82, 2.24) is 9.97 Å². The molecule has 0 amide bonds. The Bertz CT molecular complexity index is 646. The van der Waals surface area contributed by atoms with Gasteiger partial charge >= 0.3 is 5.97 Å². The molecule has 6 nitrogen and oxygen atoms in total. The molecule has 110 valence electrons. The fraction of sp³-hybridized carbons (Fsp3) is 0.267. The summed E-state index contributed by atoms with van der Waals surface area (Å²) in [6.45, 7) is 3.28. The van der Waals surface area contributed by atoms with Crippen molar-refractivity contribution >= 4 is 11.9 Å². The van der Waals surface area contributed by atoms with Crippen LogP contribution in [0.3, 0.4) is 0 Å². The van der Waals surface area contributed by atoms with Gasteiger partial charge in [0.2, 0.25) is 5.95 Å². The minimum absolute atomic E-state index is 0.0611. The van der Waals surface area contributed by atoms with E-state index < -0.39 is 11.5 Å². The van der Waals surface area contributed by atoms with E-state index in [-0.39, 0.29) is 18.1 Å². The van der Waals surface area contributed by atoms with Gasteiger partial charge < -0.3 is 15.5 Å². The molecule has 3 N–H and O–H groups in total. The molecule has 0 bridgehead atoms. The van der Waals surface area contributed by atoms with E-state index in [0.717, 1.165) is 5.56 Å². The lowest BCUT2D eigenvalue weighted by Crippen LogP contribution is -2.36. The number of nitrogens with one attached hydrogen (secondary N) is 1. The Kier molecular flexibility index (Phi) is 4.18. The fourth-order valence-electron chi connectivity index (χ4n) is 1.99. The van der Waals surface area contributed by atoms with Crippen LogP contribution >= 0.6 is 0 Å². The summed E-state index contributed by atoms with van der Waals surface area (Å²) in [5, 5.41) is 21.7. The van der Waals surface area contributed by atoms with E-state index in [1.165, 1.54) is 6.20 Å². The molecule has 0 aliphatic carbocycles. The summed E-state index contributed by atoms with van der Waals surface area (Å²) in [6, 6.07) is 9.43. The van der Waals surface area contributed by atoms with Crippen molar-refractivity contribution < 1.29 is 15.0 Å². The Balaban J connectivity index is 2.31. The van der Waals surface area contributed by atoms with Gasteiger partial charge in [0.1, 0.15) is 0 Å². The molecule has 1 aromatic carbocycles. The number of hydrogen-bond donors (Lipinski definition) is 3. The SMILES string of the molecule is Cc1nc(NC(C)(CO)c2ccccc2)ncc1C(=O)O. The average Bonchev–Trinajstić information content (AvgIpc) is 2.47. The number of aliphatic hydroxyl groups is 1. The summed E-state index contributed by atoms with van der Waals surface area (Å²) in [5.74, 6) is -0.787. The maximum absolute atomic E-state index is 11.0. The molecule has 2 aromatic rings. The lowest BCUT2D eigenvalue weighted by molar-refractivity contribution is 0.0695. The molecule has 1 heterocycles. The van der Waals surface area contributed by atoms with Gasteiger partial charge in [-0.1, -0.05) is 30.3 Å². The van der Waals surface area contributed by atoms with E-state index in [9.17, 15) is 9.90 Å². The van der Waals surface area contributed by atoms with Gasteiger partial charge in [-0.25, -0.2) is 14.8 Å².